The van der Waals surface area contributed by atoms with E-state index in [4.69, 9.17) is 4.74 Å². The molecule has 0 unspecified atom stereocenters. The van der Waals surface area contributed by atoms with Crippen LogP contribution in [0.2, 0.25) is 0 Å². The summed E-state index contributed by atoms with van der Waals surface area (Å²) in [6, 6.07) is 10.9. The fraction of sp³-hybridized carbons (Fsp3) is 0.263. The lowest BCUT2D eigenvalue weighted by Crippen LogP contribution is -2.30. The number of anilines is 1. The van der Waals surface area contributed by atoms with Gasteiger partial charge in [0.05, 0.1) is 5.56 Å². The van der Waals surface area contributed by atoms with Crippen LogP contribution < -0.4 is 5.32 Å². The summed E-state index contributed by atoms with van der Waals surface area (Å²) in [5.74, 6) is -0.895. The Morgan fingerprint density at radius 2 is 1.67 bits per heavy atom. The molecule has 126 valence electrons. The number of carbonyl (C=O) groups excluding carboxylic acids is 2. The van der Waals surface area contributed by atoms with Gasteiger partial charge < -0.3 is 10.1 Å². The molecule has 0 saturated carbocycles. The van der Waals surface area contributed by atoms with E-state index in [1.807, 2.05) is 32.9 Å². The molecule has 0 aliphatic carbocycles. The molecule has 1 atom stereocenters. The molecule has 2 rings (SSSR count). The molecule has 0 aliphatic rings. The summed E-state index contributed by atoms with van der Waals surface area (Å²) in [5, 5.41) is 2.85. The number of rotatable bonds is 4. The number of benzene rings is 2. The molecule has 0 bridgehead atoms. The third kappa shape index (κ3) is 4.23. The first-order valence-electron chi connectivity index (χ1n) is 7.64. The number of esters is 1. The number of halogens is 1. The van der Waals surface area contributed by atoms with Gasteiger partial charge in [-0.05, 0) is 66.9 Å². The third-order valence-corrected chi connectivity index (χ3v) is 4.36. The van der Waals surface area contributed by atoms with Gasteiger partial charge in [0.15, 0.2) is 6.10 Å². The van der Waals surface area contributed by atoms with Gasteiger partial charge >= 0.3 is 5.97 Å². The fourth-order valence-electron chi connectivity index (χ4n) is 2.51. The van der Waals surface area contributed by atoms with Crippen LogP contribution in [0.25, 0.3) is 0 Å². The zero-order valence-corrected chi connectivity index (χ0v) is 15.7. The van der Waals surface area contributed by atoms with Gasteiger partial charge in [-0.25, -0.2) is 4.79 Å². The second-order valence-corrected chi connectivity index (χ2v) is 6.64. The minimum atomic E-state index is -0.898. The van der Waals surface area contributed by atoms with Crippen molar-refractivity contribution in [1.29, 1.82) is 0 Å². The maximum absolute atomic E-state index is 12.4. The Morgan fingerprint density at radius 1 is 1.08 bits per heavy atom. The van der Waals surface area contributed by atoms with Crippen molar-refractivity contribution in [2.75, 3.05) is 5.32 Å². The SMILES string of the molecule is Cc1cc(C)c(NC(=O)[C@@H](C)OC(=O)c2ccccc2Br)c(C)c1. The van der Waals surface area contributed by atoms with E-state index in [1.54, 1.807) is 31.2 Å². The van der Waals surface area contributed by atoms with Crippen LogP contribution in [-0.4, -0.2) is 18.0 Å². The number of amides is 1. The van der Waals surface area contributed by atoms with E-state index in [0.717, 1.165) is 22.4 Å². The van der Waals surface area contributed by atoms with Crippen molar-refractivity contribution in [2.24, 2.45) is 0 Å². The Kier molecular flexibility index (Phi) is 5.78. The van der Waals surface area contributed by atoms with E-state index in [1.165, 1.54) is 0 Å². The van der Waals surface area contributed by atoms with Crippen LogP contribution in [0.15, 0.2) is 40.9 Å². The minimum absolute atomic E-state index is 0.356. The smallest absolute Gasteiger partial charge is 0.340 e. The standard InChI is InChI=1S/C19H20BrNO3/c1-11-9-12(2)17(13(3)10-11)21-18(22)14(4)24-19(23)15-7-5-6-8-16(15)20/h5-10,14H,1-4H3,(H,21,22)/t14-/m1/s1. The van der Waals surface area contributed by atoms with Crippen LogP contribution in [0.5, 0.6) is 0 Å². The lowest BCUT2D eigenvalue weighted by Gasteiger charge is -2.17. The van der Waals surface area contributed by atoms with E-state index in [0.29, 0.717) is 10.0 Å². The summed E-state index contributed by atoms with van der Waals surface area (Å²) < 4.78 is 5.91. The summed E-state index contributed by atoms with van der Waals surface area (Å²) in [4.78, 5) is 24.5. The molecule has 0 radical (unpaired) electrons. The molecule has 2 aromatic carbocycles. The van der Waals surface area contributed by atoms with Crippen molar-refractivity contribution >= 4 is 33.5 Å². The van der Waals surface area contributed by atoms with Crippen LogP contribution in [0.3, 0.4) is 0 Å². The number of hydrogen-bond acceptors (Lipinski definition) is 3. The van der Waals surface area contributed by atoms with Crippen LogP contribution in [0.1, 0.15) is 34.0 Å². The maximum Gasteiger partial charge on any atom is 0.340 e. The molecule has 0 fully saturated rings. The van der Waals surface area contributed by atoms with Crippen molar-refractivity contribution < 1.29 is 14.3 Å². The molecule has 4 nitrogen and oxygen atoms in total. The predicted octanol–water partition coefficient (Wildman–Crippen LogP) is 4.56. The largest absolute Gasteiger partial charge is 0.449 e. The summed E-state index contributed by atoms with van der Waals surface area (Å²) in [6.07, 6.45) is -0.898. The van der Waals surface area contributed by atoms with Crippen molar-refractivity contribution in [3.05, 3.63) is 63.1 Å². The summed E-state index contributed by atoms with van der Waals surface area (Å²) in [7, 11) is 0. The highest BCUT2D eigenvalue weighted by Crippen LogP contribution is 2.22. The van der Waals surface area contributed by atoms with Crippen molar-refractivity contribution in [3.8, 4) is 0 Å². The molecule has 0 aliphatic heterocycles. The van der Waals surface area contributed by atoms with E-state index in [-0.39, 0.29) is 5.91 Å². The monoisotopic (exact) mass is 389 g/mol. The van der Waals surface area contributed by atoms with Gasteiger partial charge in [0, 0.05) is 10.2 Å². The summed E-state index contributed by atoms with van der Waals surface area (Å²) in [6.45, 7) is 7.44. The average molecular weight is 390 g/mol. The Balaban J connectivity index is 2.08. The minimum Gasteiger partial charge on any atom is -0.449 e. The van der Waals surface area contributed by atoms with Crippen molar-refractivity contribution in [1.82, 2.24) is 0 Å². The van der Waals surface area contributed by atoms with Gasteiger partial charge in [-0.15, -0.1) is 0 Å². The van der Waals surface area contributed by atoms with Gasteiger partial charge in [0.2, 0.25) is 0 Å². The first kappa shape index (κ1) is 18.2. The highest BCUT2D eigenvalue weighted by molar-refractivity contribution is 9.10. The van der Waals surface area contributed by atoms with Gasteiger partial charge in [-0.2, -0.15) is 0 Å². The van der Waals surface area contributed by atoms with Crippen LogP contribution in [0.4, 0.5) is 5.69 Å². The lowest BCUT2D eigenvalue weighted by molar-refractivity contribution is -0.123. The molecule has 1 amide bonds. The van der Waals surface area contributed by atoms with E-state index >= 15 is 0 Å². The average Bonchev–Trinajstić information content (AvgIpc) is 2.50. The van der Waals surface area contributed by atoms with Crippen molar-refractivity contribution in [2.45, 2.75) is 33.8 Å². The Bertz CT molecular complexity index is 763. The Labute approximate surface area is 150 Å². The first-order chi connectivity index (χ1) is 11.3. The zero-order chi connectivity index (χ0) is 17.9. The zero-order valence-electron chi connectivity index (χ0n) is 14.1. The molecule has 0 saturated heterocycles. The molecule has 1 N–H and O–H groups in total. The predicted molar refractivity (Wildman–Crippen MR) is 98.3 cm³/mol. The van der Waals surface area contributed by atoms with E-state index < -0.39 is 12.1 Å². The molecule has 24 heavy (non-hydrogen) atoms. The molecular formula is C19H20BrNO3. The molecule has 5 heteroatoms. The second-order valence-electron chi connectivity index (χ2n) is 5.79. The third-order valence-electron chi connectivity index (χ3n) is 3.67. The van der Waals surface area contributed by atoms with Gasteiger partial charge in [-0.3, -0.25) is 4.79 Å². The molecule has 0 heterocycles. The van der Waals surface area contributed by atoms with Gasteiger partial charge in [-0.1, -0.05) is 29.8 Å². The number of hydrogen-bond donors (Lipinski definition) is 1. The topological polar surface area (TPSA) is 55.4 Å². The second kappa shape index (κ2) is 7.62. The van der Waals surface area contributed by atoms with E-state index in [2.05, 4.69) is 21.2 Å². The van der Waals surface area contributed by atoms with Gasteiger partial charge in [0.1, 0.15) is 0 Å². The Morgan fingerprint density at radius 3 is 2.25 bits per heavy atom. The quantitative estimate of drug-likeness (QED) is 0.779. The fourth-order valence-corrected chi connectivity index (χ4v) is 2.95. The molecule has 0 aromatic heterocycles. The first-order valence-corrected chi connectivity index (χ1v) is 8.43. The number of carbonyl (C=O) groups is 2. The summed E-state index contributed by atoms with van der Waals surface area (Å²) >= 11 is 3.30. The highest BCUT2D eigenvalue weighted by Gasteiger charge is 2.21. The maximum atomic E-state index is 12.4. The number of nitrogens with one attached hydrogen (secondary N) is 1. The van der Waals surface area contributed by atoms with Crippen LogP contribution in [-0.2, 0) is 9.53 Å². The Hall–Kier alpha value is -2.14. The molecule has 0 spiro atoms. The molecule has 2 aromatic rings. The number of aryl methyl sites for hydroxylation is 3. The van der Waals surface area contributed by atoms with Gasteiger partial charge in [0.25, 0.3) is 5.91 Å². The summed E-state index contributed by atoms with van der Waals surface area (Å²) in [5.41, 5.74) is 4.24. The highest BCUT2D eigenvalue weighted by atomic mass is 79.9. The lowest BCUT2D eigenvalue weighted by atomic mass is 10.0. The van der Waals surface area contributed by atoms with Crippen LogP contribution in [0, 0.1) is 20.8 Å². The van der Waals surface area contributed by atoms with Crippen LogP contribution >= 0.6 is 15.9 Å². The molecular weight excluding hydrogens is 370 g/mol. The number of ether oxygens (including phenoxy) is 1. The van der Waals surface area contributed by atoms with Crippen molar-refractivity contribution in [3.63, 3.8) is 0 Å². The normalized spacial score (nSPS) is 11.7. The van der Waals surface area contributed by atoms with E-state index in [9.17, 15) is 9.59 Å².